The number of benzene rings is 1. The van der Waals surface area contributed by atoms with Crippen LogP contribution < -0.4 is 0 Å². The Morgan fingerprint density at radius 2 is 1.89 bits per heavy atom. The van der Waals surface area contributed by atoms with E-state index < -0.39 is 0 Å². The molecular formula is C14H11ClN4. The second-order valence-electron chi connectivity index (χ2n) is 4.16. The molecule has 2 heterocycles. The second kappa shape index (κ2) is 4.82. The summed E-state index contributed by atoms with van der Waals surface area (Å²) in [5.41, 5.74) is 2.67. The van der Waals surface area contributed by atoms with E-state index in [-0.39, 0.29) is 0 Å². The molecule has 0 spiro atoms. The first-order valence-corrected chi connectivity index (χ1v) is 6.22. The maximum Gasteiger partial charge on any atom is 0.164 e. The molecule has 0 bridgehead atoms. The highest BCUT2D eigenvalue weighted by atomic mass is 35.5. The van der Waals surface area contributed by atoms with Gasteiger partial charge in [-0.2, -0.15) is 5.10 Å². The minimum Gasteiger partial charge on any atom is -0.240 e. The SMILES string of the molecule is Cc1cc(Cl)nc(-c2cnn(-c3ccccc3)c2)n1. The quantitative estimate of drug-likeness (QED) is 0.671. The molecule has 0 amide bonds. The summed E-state index contributed by atoms with van der Waals surface area (Å²) >= 11 is 5.95. The van der Waals surface area contributed by atoms with Gasteiger partial charge in [-0.05, 0) is 25.1 Å². The zero-order valence-corrected chi connectivity index (χ0v) is 11.0. The summed E-state index contributed by atoms with van der Waals surface area (Å²) in [5.74, 6) is 0.590. The number of halogens is 1. The molecule has 19 heavy (non-hydrogen) atoms. The summed E-state index contributed by atoms with van der Waals surface area (Å²) in [6.07, 6.45) is 3.62. The molecule has 4 nitrogen and oxygen atoms in total. The van der Waals surface area contributed by atoms with Gasteiger partial charge >= 0.3 is 0 Å². The average Bonchev–Trinajstić information content (AvgIpc) is 2.88. The van der Waals surface area contributed by atoms with Crippen LogP contribution in [0.2, 0.25) is 5.15 Å². The van der Waals surface area contributed by atoms with Crippen molar-refractivity contribution in [3.63, 3.8) is 0 Å². The van der Waals surface area contributed by atoms with Crippen LogP contribution in [-0.4, -0.2) is 19.7 Å². The molecule has 0 aliphatic heterocycles. The van der Waals surface area contributed by atoms with Crippen molar-refractivity contribution in [2.45, 2.75) is 6.92 Å². The van der Waals surface area contributed by atoms with Crippen LogP contribution in [-0.2, 0) is 0 Å². The first kappa shape index (κ1) is 11.9. The first-order valence-electron chi connectivity index (χ1n) is 5.84. The van der Waals surface area contributed by atoms with E-state index in [1.165, 1.54) is 0 Å². The lowest BCUT2D eigenvalue weighted by molar-refractivity contribution is 0.880. The Kier molecular flexibility index (Phi) is 3.01. The van der Waals surface area contributed by atoms with Crippen LogP contribution in [0.15, 0.2) is 48.8 Å². The fraction of sp³-hybridized carbons (Fsp3) is 0.0714. The number of hydrogen-bond acceptors (Lipinski definition) is 3. The summed E-state index contributed by atoms with van der Waals surface area (Å²) in [7, 11) is 0. The van der Waals surface area contributed by atoms with Gasteiger partial charge in [-0.25, -0.2) is 14.6 Å². The van der Waals surface area contributed by atoms with Crippen LogP contribution >= 0.6 is 11.6 Å². The number of aromatic nitrogens is 4. The smallest absolute Gasteiger partial charge is 0.164 e. The standard InChI is InChI=1S/C14H11ClN4/c1-10-7-13(15)18-14(17-10)11-8-16-19(9-11)12-5-3-2-4-6-12/h2-9H,1H3. The van der Waals surface area contributed by atoms with Crippen LogP contribution in [0, 0.1) is 6.92 Å². The van der Waals surface area contributed by atoms with Crippen molar-refractivity contribution in [3.8, 4) is 17.1 Å². The van der Waals surface area contributed by atoms with Crippen molar-refractivity contribution in [1.82, 2.24) is 19.7 Å². The predicted molar refractivity (Wildman–Crippen MR) is 74.3 cm³/mol. The number of rotatable bonds is 2. The fourth-order valence-electron chi connectivity index (χ4n) is 1.82. The highest BCUT2D eigenvalue weighted by Gasteiger charge is 2.07. The van der Waals surface area contributed by atoms with E-state index in [1.807, 2.05) is 43.5 Å². The van der Waals surface area contributed by atoms with Gasteiger partial charge in [0, 0.05) is 11.9 Å². The van der Waals surface area contributed by atoms with Gasteiger partial charge in [0.25, 0.3) is 0 Å². The van der Waals surface area contributed by atoms with Crippen LogP contribution in [0.3, 0.4) is 0 Å². The Morgan fingerprint density at radius 1 is 1.11 bits per heavy atom. The Labute approximate surface area is 115 Å². The molecule has 0 aliphatic carbocycles. The summed E-state index contributed by atoms with van der Waals surface area (Å²) in [5, 5.41) is 4.76. The number of para-hydroxylation sites is 1. The largest absolute Gasteiger partial charge is 0.240 e. The van der Waals surface area contributed by atoms with Crippen molar-refractivity contribution in [1.29, 1.82) is 0 Å². The molecule has 94 valence electrons. The normalized spacial score (nSPS) is 10.6. The highest BCUT2D eigenvalue weighted by Crippen LogP contribution is 2.18. The van der Waals surface area contributed by atoms with Gasteiger partial charge in [0.2, 0.25) is 0 Å². The first-order chi connectivity index (χ1) is 9.22. The molecule has 0 atom stereocenters. The number of aryl methyl sites for hydroxylation is 1. The van der Waals surface area contributed by atoms with E-state index in [1.54, 1.807) is 16.9 Å². The predicted octanol–water partition coefficient (Wildman–Crippen LogP) is 3.29. The van der Waals surface area contributed by atoms with E-state index >= 15 is 0 Å². The van der Waals surface area contributed by atoms with E-state index in [0.717, 1.165) is 16.9 Å². The zero-order valence-electron chi connectivity index (χ0n) is 10.3. The summed E-state index contributed by atoms with van der Waals surface area (Å²) in [6.45, 7) is 1.89. The van der Waals surface area contributed by atoms with Crippen molar-refractivity contribution in [2.75, 3.05) is 0 Å². The molecule has 1 aromatic carbocycles. The van der Waals surface area contributed by atoms with Gasteiger partial charge in [0.05, 0.1) is 17.4 Å². The van der Waals surface area contributed by atoms with E-state index in [4.69, 9.17) is 11.6 Å². The molecule has 0 unspecified atom stereocenters. The third-order valence-corrected chi connectivity index (χ3v) is 2.88. The summed E-state index contributed by atoms with van der Waals surface area (Å²) < 4.78 is 1.79. The highest BCUT2D eigenvalue weighted by molar-refractivity contribution is 6.29. The lowest BCUT2D eigenvalue weighted by atomic mass is 10.3. The van der Waals surface area contributed by atoms with E-state index in [9.17, 15) is 0 Å². The summed E-state index contributed by atoms with van der Waals surface area (Å²) in [4.78, 5) is 8.57. The average molecular weight is 271 g/mol. The van der Waals surface area contributed by atoms with Gasteiger partial charge in [-0.3, -0.25) is 0 Å². The van der Waals surface area contributed by atoms with Crippen molar-refractivity contribution < 1.29 is 0 Å². The van der Waals surface area contributed by atoms with Crippen molar-refractivity contribution in [2.24, 2.45) is 0 Å². The third kappa shape index (κ3) is 2.48. The Bertz CT molecular complexity index is 686. The minimum absolute atomic E-state index is 0.440. The maximum absolute atomic E-state index is 5.95. The van der Waals surface area contributed by atoms with E-state index in [0.29, 0.717) is 11.0 Å². The summed E-state index contributed by atoms with van der Waals surface area (Å²) in [6, 6.07) is 11.6. The minimum atomic E-state index is 0.440. The molecule has 0 saturated carbocycles. The molecule has 2 aromatic heterocycles. The van der Waals surface area contributed by atoms with Crippen molar-refractivity contribution in [3.05, 3.63) is 59.6 Å². The van der Waals surface area contributed by atoms with Gasteiger partial charge in [0.1, 0.15) is 5.15 Å². The Balaban J connectivity index is 2.02. The molecule has 0 radical (unpaired) electrons. The molecule has 0 saturated heterocycles. The zero-order chi connectivity index (χ0) is 13.2. The maximum atomic E-state index is 5.95. The van der Waals surface area contributed by atoms with Gasteiger partial charge in [-0.15, -0.1) is 0 Å². The number of nitrogens with zero attached hydrogens (tertiary/aromatic N) is 4. The van der Waals surface area contributed by atoms with Crippen LogP contribution in [0.5, 0.6) is 0 Å². The second-order valence-corrected chi connectivity index (χ2v) is 4.55. The van der Waals surface area contributed by atoms with E-state index in [2.05, 4.69) is 15.1 Å². The third-order valence-electron chi connectivity index (χ3n) is 2.68. The molecule has 0 fully saturated rings. The van der Waals surface area contributed by atoms with Crippen LogP contribution in [0.25, 0.3) is 17.1 Å². The molecular weight excluding hydrogens is 260 g/mol. The molecule has 0 aliphatic rings. The lowest BCUT2D eigenvalue weighted by Gasteiger charge is -2.00. The Morgan fingerprint density at radius 3 is 2.63 bits per heavy atom. The van der Waals surface area contributed by atoms with Gasteiger partial charge in [-0.1, -0.05) is 29.8 Å². The van der Waals surface area contributed by atoms with Crippen LogP contribution in [0.1, 0.15) is 5.69 Å². The van der Waals surface area contributed by atoms with Crippen LogP contribution in [0.4, 0.5) is 0 Å². The fourth-order valence-corrected chi connectivity index (χ4v) is 2.06. The molecule has 5 heteroatoms. The van der Waals surface area contributed by atoms with Gasteiger partial charge < -0.3 is 0 Å². The molecule has 3 aromatic rings. The molecule has 3 rings (SSSR count). The number of hydrogen-bond donors (Lipinski definition) is 0. The topological polar surface area (TPSA) is 43.6 Å². The molecule has 0 N–H and O–H groups in total. The lowest BCUT2D eigenvalue weighted by Crippen LogP contribution is -1.93. The van der Waals surface area contributed by atoms with Gasteiger partial charge in [0.15, 0.2) is 5.82 Å². The monoisotopic (exact) mass is 270 g/mol. The van der Waals surface area contributed by atoms with Crippen molar-refractivity contribution >= 4 is 11.6 Å². The Hall–Kier alpha value is -2.20.